The van der Waals surface area contributed by atoms with Crippen molar-refractivity contribution in [3.63, 3.8) is 0 Å². The molecule has 0 fully saturated rings. The molecular formula is C11H13N. The molecule has 0 saturated carbocycles. The zero-order chi connectivity index (χ0) is 9.03. The van der Waals surface area contributed by atoms with Gasteiger partial charge in [-0.15, -0.1) is 13.2 Å². The Morgan fingerprint density at radius 2 is 1.75 bits per heavy atom. The lowest BCUT2D eigenvalue weighted by Gasteiger charge is -2.20. The maximum atomic E-state index is 3.96. The van der Waals surface area contributed by atoms with Crippen molar-refractivity contribution in [3.8, 4) is 0 Å². The summed E-state index contributed by atoms with van der Waals surface area (Å²) in [7, 11) is 0. The van der Waals surface area contributed by atoms with E-state index in [0.717, 1.165) is 0 Å². The van der Waals surface area contributed by atoms with E-state index in [4.69, 9.17) is 0 Å². The van der Waals surface area contributed by atoms with Crippen molar-refractivity contribution < 1.29 is 0 Å². The van der Waals surface area contributed by atoms with Crippen LogP contribution in [0, 0.1) is 0 Å². The zero-order valence-electron chi connectivity index (χ0n) is 7.33. The Bertz CT molecular complexity index is 266. The third-order valence-electron chi connectivity index (χ3n) is 2.15. The molecule has 0 bridgehead atoms. The molecule has 0 atom stereocenters. The van der Waals surface area contributed by atoms with Crippen molar-refractivity contribution in [2.45, 2.75) is 12.3 Å². The number of rotatable bonds is 3. The maximum Gasteiger partial charge on any atom is 0.0279 e. The number of hydrogen-bond donors (Lipinski definition) is 0. The van der Waals surface area contributed by atoms with Gasteiger partial charge in [0.2, 0.25) is 0 Å². The van der Waals surface area contributed by atoms with Gasteiger partial charge in [-0.1, -0.05) is 12.2 Å². The van der Waals surface area contributed by atoms with Crippen LogP contribution in [0.5, 0.6) is 0 Å². The summed E-state index contributed by atoms with van der Waals surface area (Å²) in [6, 6.07) is 3.95. The van der Waals surface area contributed by atoms with E-state index in [1.54, 1.807) is 12.4 Å². The molecule has 1 aromatic rings. The average molecular weight is 159 g/mol. The second-order valence-corrected chi connectivity index (χ2v) is 2.93. The molecule has 1 rings (SSSR count). The first-order valence-electron chi connectivity index (χ1n) is 3.90. The molecule has 0 aliphatic carbocycles. The molecule has 1 heterocycles. The number of allylic oxidation sites excluding steroid dienone is 2. The maximum absolute atomic E-state index is 3.96. The topological polar surface area (TPSA) is 12.9 Å². The second-order valence-electron chi connectivity index (χ2n) is 2.93. The van der Waals surface area contributed by atoms with E-state index in [-0.39, 0.29) is 5.41 Å². The van der Waals surface area contributed by atoms with E-state index in [9.17, 15) is 0 Å². The largest absolute Gasteiger partial charge is 0.265 e. The fourth-order valence-electron chi connectivity index (χ4n) is 1.03. The van der Waals surface area contributed by atoms with Gasteiger partial charge in [-0.05, 0) is 24.6 Å². The molecule has 0 radical (unpaired) electrons. The zero-order valence-corrected chi connectivity index (χ0v) is 7.33. The molecule has 0 unspecified atom stereocenters. The van der Waals surface area contributed by atoms with Gasteiger partial charge in [-0.3, -0.25) is 4.98 Å². The van der Waals surface area contributed by atoms with Crippen molar-refractivity contribution in [1.82, 2.24) is 4.98 Å². The standard InChI is InChI=1S/C11H13N/c1-4-11(3,5-2)10-6-8-12-9-7-10/h4-9H,1-2H2,3H3. The van der Waals surface area contributed by atoms with E-state index < -0.39 is 0 Å². The predicted molar refractivity (Wildman–Crippen MR) is 52.0 cm³/mol. The normalized spacial score (nSPS) is 10.8. The Morgan fingerprint density at radius 3 is 2.17 bits per heavy atom. The third kappa shape index (κ3) is 1.45. The molecule has 1 heteroatoms. The van der Waals surface area contributed by atoms with Crippen LogP contribution >= 0.6 is 0 Å². The second kappa shape index (κ2) is 3.35. The van der Waals surface area contributed by atoms with Crippen LogP contribution in [0.1, 0.15) is 12.5 Å². The van der Waals surface area contributed by atoms with Gasteiger partial charge in [0, 0.05) is 17.8 Å². The fraction of sp³-hybridized carbons (Fsp3) is 0.182. The van der Waals surface area contributed by atoms with Gasteiger partial charge in [0.1, 0.15) is 0 Å². The van der Waals surface area contributed by atoms with Crippen molar-refractivity contribution in [2.75, 3.05) is 0 Å². The minimum absolute atomic E-state index is 0.136. The molecule has 0 aromatic carbocycles. The number of nitrogens with zero attached hydrogens (tertiary/aromatic N) is 1. The van der Waals surface area contributed by atoms with Crippen LogP contribution in [0.2, 0.25) is 0 Å². The average Bonchev–Trinajstić information content (AvgIpc) is 2.18. The molecule has 0 aliphatic heterocycles. The summed E-state index contributed by atoms with van der Waals surface area (Å²) in [5.74, 6) is 0. The lowest BCUT2D eigenvalue weighted by atomic mass is 9.83. The van der Waals surface area contributed by atoms with Gasteiger partial charge >= 0.3 is 0 Å². The molecule has 62 valence electrons. The van der Waals surface area contributed by atoms with Crippen LogP contribution in [-0.4, -0.2) is 4.98 Å². The molecule has 0 saturated heterocycles. The molecule has 12 heavy (non-hydrogen) atoms. The molecule has 0 aliphatic rings. The number of aromatic nitrogens is 1. The summed E-state index contributed by atoms with van der Waals surface area (Å²) < 4.78 is 0. The van der Waals surface area contributed by atoms with Crippen LogP contribution in [-0.2, 0) is 5.41 Å². The van der Waals surface area contributed by atoms with Crippen LogP contribution in [0.4, 0.5) is 0 Å². The third-order valence-corrected chi connectivity index (χ3v) is 2.15. The lowest BCUT2D eigenvalue weighted by molar-refractivity contribution is 0.760. The van der Waals surface area contributed by atoms with Crippen LogP contribution in [0.25, 0.3) is 0 Å². The Kier molecular flexibility index (Phi) is 2.44. The van der Waals surface area contributed by atoms with Crippen LogP contribution in [0.15, 0.2) is 49.8 Å². The highest BCUT2D eigenvalue weighted by Crippen LogP contribution is 2.24. The Morgan fingerprint density at radius 1 is 1.25 bits per heavy atom. The fourth-order valence-corrected chi connectivity index (χ4v) is 1.03. The quantitative estimate of drug-likeness (QED) is 0.618. The van der Waals surface area contributed by atoms with Crippen LogP contribution < -0.4 is 0 Å². The van der Waals surface area contributed by atoms with E-state index in [1.807, 2.05) is 24.3 Å². The SMILES string of the molecule is C=CC(C)(C=C)c1ccncc1. The highest BCUT2D eigenvalue weighted by Gasteiger charge is 2.17. The summed E-state index contributed by atoms with van der Waals surface area (Å²) in [5.41, 5.74) is 1.03. The van der Waals surface area contributed by atoms with Gasteiger partial charge in [0.15, 0.2) is 0 Å². The first-order chi connectivity index (χ1) is 5.73. The molecule has 1 nitrogen and oxygen atoms in total. The number of pyridine rings is 1. The van der Waals surface area contributed by atoms with E-state index >= 15 is 0 Å². The molecule has 0 N–H and O–H groups in total. The summed E-state index contributed by atoms with van der Waals surface area (Å²) in [6.45, 7) is 9.65. The number of hydrogen-bond acceptors (Lipinski definition) is 1. The van der Waals surface area contributed by atoms with Crippen molar-refractivity contribution >= 4 is 0 Å². The van der Waals surface area contributed by atoms with Crippen molar-refractivity contribution in [2.24, 2.45) is 0 Å². The summed E-state index contributed by atoms with van der Waals surface area (Å²) in [4.78, 5) is 3.96. The predicted octanol–water partition coefficient (Wildman–Crippen LogP) is 2.71. The first kappa shape index (κ1) is 8.72. The van der Waals surface area contributed by atoms with E-state index in [2.05, 4.69) is 25.1 Å². The van der Waals surface area contributed by atoms with E-state index in [0.29, 0.717) is 0 Å². The highest BCUT2D eigenvalue weighted by atomic mass is 14.6. The van der Waals surface area contributed by atoms with Gasteiger partial charge in [0.05, 0.1) is 0 Å². The Balaban J connectivity index is 3.11. The summed E-state index contributed by atoms with van der Waals surface area (Å²) in [5, 5.41) is 0. The van der Waals surface area contributed by atoms with E-state index in [1.165, 1.54) is 5.56 Å². The van der Waals surface area contributed by atoms with Gasteiger partial charge in [-0.25, -0.2) is 0 Å². The Labute approximate surface area is 73.5 Å². The molecular weight excluding hydrogens is 146 g/mol. The monoisotopic (exact) mass is 159 g/mol. The molecule has 1 aromatic heterocycles. The van der Waals surface area contributed by atoms with Gasteiger partial charge in [0.25, 0.3) is 0 Å². The van der Waals surface area contributed by atoms with Gasteiger partial charge < -0.3 is 0 Å². The summed E-state index contributed by atoms with van der Waals surface area (Å²) in [6.07, 6.45) is 7.33. The highest BCUT2D eigenvalue weighted by molar-refractivity contribution is 5.32. The van der Waals surface area contributed by atoms with Crippen molar-refractivity contribution in [3.05, 3.63) is 55.4 Å². The lowest BCUT2D eigenvalue weighted by Crippen LogP contribution is -2.14. The Hall–Kier alpha value is -1.37. The van der Waals surface area contributed by atoms with Gasteiger partial charge in [-0.2, -0.15) is 0 Å². The smallest absolute Gasteiger partial charge is 0.0279 e. The summed E-state index contributed by atoms with van der Waals surface area (Å²) >= 11 is 0. The van der Waals surface area contributed by atoms with Crippen molar-refractivity contribution in [1.29, 1.82) is 0 Å². The minimum Gasteiger partial charge on any atom is -0.265 e. The molecule has 0 spiro atoms. The minimum atomic E-state index is -0.136. The first-order valence-corrected chi connectivity index (χ1v) is 3.90. The van der Waals surface area contributed by atoms with Crippen LogP contribution in [0.3, 0.4) is 0 Å². The molecule has 0 amide bonds.